The molecule has 154 valence electrons. The Morgan fingerprint density at radius 2 is 1.83 bits per heavy atom. The van der Waals surface area contributed by atoms with E-state index in [-0.39, 0.29) is 15.8 Å². The number of likely N-dealkylation sites (N-methyl/N-ethyl adjacent to an activating group) is 1. The van der Waals surface area contributed by atoms with E-state index < -0.39 is 0 Å². The quantitative estimate of drug-likeness (QED) is 0.425. The summed E-state index contributed by atoms with van der Waals surface area (Å²) in [6.45, 7) is 4.22. The third-order valence-electron chi connectivity index (χ3n) is 6.01. The summed E-state index contributed by atoms with van der Waals surface area (Å²) in [7, 11) is 2.18. The van der Waals surface area contributed by atoms with Crippen LogP contribution >= 0.6 is 23.2 Å². The van der Waals surface area contributed by atoms with Crippen LogP contribution in [0, 0.1) is 6.92 Å². The Kier molecular flexibility index (Phi) is 4.85. The first kappa shape index (κ1) is 19.6. The number of hydrogen-bond acceptors (Lipinski definition) is 4. The molecule has 1 N–H and O–H groups in total. The van der Waals surface area contributed by atoms with Crippen molar-refractivity contribution in [1.29, 1.82) is 0 Å². The van der Waals surface area contributed by atoms with Gasteiger partial charge in [-0.3, -0.25) is 4.98 Å². The lowest BCUT2D eigenvalue weighted by Crippen LogP contribution is -2.33. The topological polar surface area (TPSA) is 54.2 Å². The van der Waals surface area contributed by atoms with Crippen molar-refractivity contribution in [1.82, 2.24) is 19.4 Å². The number of likely N-dealkylation sites (tertiary alicyclic amines) is 1. The Bertz CT molecular complexity index is 1260. The van der Waals surface area contributed by atoms with E-state index in [9.17, 15) is 5.11 Å². The van der Waals surface area contributed by atoms with Crippen LogP contribution in [0.3, 0.4) is 0 Å². The number of phenolic OH excluding ortho intramolecular Hbond substituents is 1. The first-order valence-electron chi connectivity index (χ1n) is 10.1. The van der Waals surface area contributed by atoms with Crippen LogP contribution in [-0.4, -0.2) is 44.7 Å². The highest BCUT2D eigenvalue weighted by Crippen LogP contribution is 2.38. The summed E-state index contributed by atoms with van der Waals surface area (Å²) in [6.07, 6.45) is 4.18. The van der Waals surface area contributed by atoms with Gasteiger partial charge in [0.15, 0.2) is 5.75 Å². The van der Waals surface area contributed by atoms with Gasteiger partial charge in [-0.15, -0.1) is 0 Å². The molecule has 3 heterocycles. The lowest BCUT2D eigenvalue weighted by atomic mass is 10.0. The molecule has 0 radical (unpaired) electrons. The van der Waals surface area contributed by atoms with Gasteiger partial charge in [-0.05, 0) is 68.8 Å². The van der Waals surface area contributed by atoms with Crippen LogP contribution in [0.2, 0.25) is 10.0 Å². The summed E-state index contributed by atoms with van der Waals surface area (Å²) < 4.78 is 2.38. The average Bonchev–Trinajstić information content (AvgIpc) is 3.07. The zero-order valence-electron chi connectivity index (χ0n) is 16.9. The molecular formula is C23H22Cl2N4O. The summed E-state index contributed by atoms with van der Waals surface area (Å²) >= 11 is 12.3. The molecule has 0 aliphatic carbocycles. The van der Waals surface area contributed by atoms with E-state index in [2.05, 4.69) is 34.5 Å². The van der Waals surface area contributed by atoms with Crippen LogP contribution in [0.15, 0.2) is 36.5 Å². The maximum atomic E-state index is 9.91. The molecule has 7 heteroatoms. The molecule has 1 saturated heterocycles. The molecule has 30 heavy (non-hydrogen) atoms. The van der Waals surface area contributed by atoms with Gasteiger partial charge in [-0.2, -0.15) is 0 Å². The number of pyridine rings is 1. The molecule has 4 aromatic rings. The van der Waals surface area contributed by atoms with Crippen LogP contribution in [-0.2, 0) is 0 Å². The summed E-state index contributed by atoms with van der Waals surface area (Å²) in [4.78, 5) is 11.8. The van der Waals surface area contributed by atoms with E-state index in [0.717, 1.165) is 58.4 Å². The van der Waals surface area contributed by atoms with Crippen molar-refractivity contribution in [2.24, 2.45) is 0 Å². The monoisotopic (exact) mass is 440 g/mol. The SMILES string of the molecule is Cc1nc2cnc3ccc(-c4cc(Cl)c(O)c(Cl)c4)cc3c2n1C1CCCN(C)C1. The second kappa shape index (κ2) is 7.41. The minimum Gasteiger partial charge on any atom is -0.505 e. The zero-order valence-corrected chi connectivity index (χ0v) is 18.4. The number of phenols is 1. The van der Waals surface area contributed by atoms with Crippen molar-refractivity contribution in [3.63, 3.8) is 0 Å². The maximum Gasteiger partial charge on any atom is 0.152 e. The molecule has 0 amide bonds. The highest BCUT2D eigenvalue weighted by molar-refractivity contribution is 6.37. The van der Waals surface area contributed by atoms with Crippen LogP contribution in [0.1, 0.15) is 24.7 Å². The normalized spacial score (nSPS) is 17.8. The van der Waals surface area contributed by atoms with Gasteiger partial charge in [0.25, 0.3) is 0 Å². The minimum absolute atomic E-state index is 0.0953. The maximum absolute atomic E-state index is 9.91. The van der Waals surface area contributed by atoms with E-state index in [0.29, 0.717) is 6.04 Å². The van der Waals surface area contributed by atoms with Crippen LogP contribution < -0.4 is 0 Å². The average molecular weight is 441 g/mol. The molecule has 1 atom stereocenters. The van der Waals surface area contributed by atoms with Crippen molar-refractivity contribution in [3.8, 4) is 16.9 Å². The number of fused-ring (bicyclic) bond motifs is 3. The van der Waals surface area contributed by atoms with Crippen molar-refractivity contribution < 1.29 is 5.11 Å². The highest BCUT2D eigenvalue weighted by atomic mass is 35.5. The number of nitrogens with zero attached hydrogens (tertiary/aromatic N) is 4. The summed E-state index contributed by atoms with van der Waals surface area (Å²) in [5.74, 6) is 0.919. The predicted octanol–water partition coefficient (Wildman–Crippen LogP) is 5.84. The van der Waals surface area contributed by atoms with Crippen molar-refractivity contribution >= 4 is 45.1 Å². The van der Waals surface area contributed by atoms with Gasteiger partial charge in [0, 0.05) is 18.0 Å². The zero-order chi connectivity index (χ0) is 21.0. The molecule has 0 spiro atoms. The Hall–Kier alpha value is -2.34. The number of benzene rings is 2. The fraction of sp³-hybridized carbons (Fsp3) is 0.304. The van der Waals surface area contributed by atoms with Gasteiger partial charge < -0.3 is 14.6 Å². The van der Waals surface area contributed by atoms with Crippen LogP contribution in [0.4, 0.5) is 0 Å². The molecular weight excluding hydrogens is 419 g/mol. The van der Waals surface area contributed by atoms with Crippen LogP contribution in [0.5, 0.6) is 5.75 Å². The summed E-state index contributed by atoms with van der Waals surface area (Å²) in [6, 6.07) is 9.99. The summed E-state index contributed by atoms with van der Waals surface area (Å²) in [5.41, 5.74) is 4.77. The Balaban J connectivity index is 1.74. The van der Waals surface area contributed by atoms with Gasteiger partial charge in [0.2, 0.25) is 0 Å². The fourth-order valence-corrected chi connectivity index (χ4v) is 5.09. The molecule has 1 aliphatic rings. The molecule has 1 aliphatic heterocycles. The van der Waals surface area contributed by atoms with Crippen LogP contribution in [0.25, 0.3) is 33.1 Å². The van der Waals surface area contributed by atoms with Crippen molar-refractivity contribution in [2.75, 3.05) is 20.1 Å². The Morgan fingerprint density at radius 3 is 2.57 bits per heavy atom. The number of aromatic nitrogens is 3. The largest absolute Gasteiger partial charge is 0.505 e. The number of aromatic hydroxyl groups is 1. The van der Waals surface area contributed by atoms with Gasteiger partial charge in [0.05, 0.1) is 27.3 Å². The number of rotatable bonds is 2. The molecule has 2 aromatic heterocycles. The standard InChI is InChI=1S/C23H22Cl2N4O/c1-13-27-21-11-26-20-6-5-14(15-9-18(24)23(30)19(25)10-15)8-17(20)22(21)29(13)16-4-3-7-28(2)12-16/h5-6,8-11,16,30H,3-4,7,12H2,1-2H3. The lowest BCUT2D eigenvalue weighted by molar-refractivity contribution is 0.213. The molecule has 0 saturated carbocycles. The van der Waals surface area contributed by atoms with Gasteiger partial charge in [-0.1, -0.05) is 29.3 Å². The van der Waals surface area contributed by atoms with E-state index in [1.54, 1.807) is 12.1 Å². The molecule has 2 aromatic carbocycles. The highest BCUT2D eigenvalue weighted by Gasteiger charge is 2.23. The third kappa shape index (κ3) is 3.22. The van der Waals surface area contributed by atoms with Crippen molar-refractivity contribution in [3.05, 3.63) is 52.4 Å². The Morgan fingerprint density at radius 1 is 1.07 bits per heavy atom. The first-order chi connectivity index (χ1) is 14.4. The molecule has 0 bridgehead atoms. The van der Waals surface area contributed by atoms with E-state index >= 15 is 0 Å². The predicted molar refractivity (Wildman–Crippen MR) is 123 cm³/mol. The Labute approximate surface area is 184 Å². The summed E-state index contributed by atoms with van der Waals surface area (Å²) in [5, 5.41) is 11.4. The minimum atomic E-state index is -0.0953. The molecule has 1 unspecified atom stereocenters. The van der Waals surface area contributed by atoms with Gasteiger partial charge in [0.1, 0.15) is 11.3 Å². The smallest absolute Gasteiger partial charge is 0.152 e. The fourth-order valence-electron chi connectivity index (χ4n) is 4.60. The van der Waals surface area contributed by atoms with E-state index in [1.807, 2.05) is 18.3 Å². The van der Waals surface area contributed by atoms with E-state index in [4.69, 9.17) is 28.2 Å². The van der Waals surface area contributed by atoms with E-state index in [1.165, 1.54) is 6.42 Å². The first-order valence-corrected chi connectivity index (χ1v) is 10.8. The number of imidazole rings is 1. The molecule has 1 fully saturated rings. The number of hydrogen-bond donors (Lipinski definition) is 1. The molecule has 5 rings (SSSR count). The number of piperidine rings is 1. The van der Waals surface area contributed by atoms with Gasteiger partial charge >= 0.3 is 0 Å². The molecule has 5 nitrogen and oxygen atoms in total. The second-order valence-corrected chi connectivity index (χ2v) is 8.91. The second-order valence-electron chi connectivity index (χ2n) is 8.10. The third-order valence-corrected chi connectivity index (χ3v) is 6.58. The number of aryl methyl sites for hydroxylation is 1. The lowest BCUT2D eigenvalue weighted by Gasteiger charge is -2.31. The number of halogens is 2. The van der Waals surface area contributed by atoms with Crippen molar-refractivity contribution in [2.45, 2.75) is 25.8 Å². The van der Waals surface area contributed by atoms with Gasteiger partial charge in [-0.25, -0.2) is 4.98 Å².